The summed E-state index contributed by atoms with van der Waals surface area (Å²) in [5.74, 6) is 0.902. The van der Waals surface area contributed by atoms with Crippen LogP contribution in [0.3, 0.4) is 0 Å². The molecule has 21 heavy (non-hydrogen) atoms. The second kappa shape index (κ2) is 5.13. The van der Waals surface area contributed by atoms with Crippen LogP contribution in [0.4, 0.5) is 0 Å². The molecule has 112 valence electrons. The quantitative estimate of drug-likeness (QED) is 0.922. The fourth-order valence-corrected chi connectivity index (χ4v) is 3.81. The standard InChI is InChI=1S/C17H21NO3/c1-10-13-9-20-17(12(13)8-16(19-2)21-10)15-7-11-5-3-4-6-14(11)18-15/h3-7,10,12-13,16-18H,8-9H2,1-2H3/t10-,12+,13-,16?,17+/m0/s1. The predicted octanol–water partition coefficient (Wildman–Crippen LogP) is 3.25. The van der Waals surface area contributed by atoms with Crippen LogP contribution in [0.1, 0.15) is 25.1 Å². The summed E-state index contributed by atoms with van der Waals surface area (Å²) in [5.41, 5.74) is 2.34. The minimum Gasteiger partial charge on any atom is -0.371 e. The van der Waals surface area contributed by atoms with E-state index in [1.54, 1.807) is 7.11 Å². The van der Waals surface area contributed by atoms with Gasteiger partial charge in [0.05, 0.1) is 12.7 Å². The molecule has 2 aliphatic rings. The van der Waals surface area contributed by atoms with Crippen LogP contribution in [-0.2, 0) is 14.2 Å². The molecule has 2 fully saturated rings. The SMILES string of the molecule is COC1C[C@@H]2[C@@H](CO[C@H]2c2cc3ccccc3[nH]2)[C@H](C)O1. The molecule has 1 aromatic carbocycles. The van der Waals surface area contributed by atoms with Crippen molar-refractivity contribution in [3.8, 4) is 0 Å². The number of rotatable bonds is 2. The van der Waals surface area contributed by atoms with Crippen molar-refractivity contribution in [2.24, 2.45) is 11.8 Å². The van der Waals surface area contributed by atoms with Gasteiger partial charge in [-0.1, -0.05) is 18.2 Å². The molecule has 1 aromatic heterocycles. The van der Waals surface area contributed by atoms with E-state index in [0.717, 1.165) is 13.0 Å². The highest BCUT2D eigenvalue weighted by Gasteiger charge is 2.46. The van der Waals surface area contributed by atoms with Crippen LogP contribution in [0.5, 0.6) is 0 Å². The van der Waals surface area contributed by atoms with Gasteiger partial charge >= 0.3 is 0 Å². The van der Waals surface area contributed by atoms with Gasteiger partial charge in [0.2, 0.25) is 0 Å². The molecule has 2 aliphatic heterocycles. The van der Waals surface area contributed by atoms with Crippen molar-refractivity contribution in [1.29, 1.82) is 0 Å². The van der Waals surface area contributed by atoms with Crippen molar-refractivity contribution in [3.63, 3.8) is 0 Å². The number of para-hydroxylation sites is 1. The molecule has 4 nitrogen and oxygen atoms in total. The maximum absolute atomic E-state index is 6.11. The van der Waals surface area contributed by atoms with E-state index in [0.29, 0.717) is 11.8 Å². The highest BCUT2D eigenvalue weighted by molar-refractivity contribution is 5.80. The van der Waals surface area contributed by atoms with Gasteiger partial charge in [0, 0.05) is 36.6 Å². The fraction of sp³-hybridized carbons (Fsp3) is 0.529. The van der Waals surface area contributed by atoms with E-state index in [1.807, 2.05) is 0 Å². The summed E-state index contributed by atoms with van der Waals surface area (Å²) in [5, 5.41) is 1.24. The van der Waals surface area contributed by atoms with Crippen LogP contribution in [0.2, 0.25) is 0 Å². The number of nitrogens with one attached hydrogen (secondary N) is 1. The summed E-state index contributed by atoms with van der Waals surface area (Å²) < 4.78 is 17.4. The third-order valence-electron chi connectivity index (χ3n) is 4.96. The molecule has 2 aromatic rings. The summed E-state index contributed by atoms with van der Waals surface area (Å²) in [6.07, 6.45) is 1.08. The van der Waals surface area contributed by atoms with Crippen molar-refractivity contribution >= 4 is 10.9 Å². The largest absolute Gasteiger partial charge is 0.371 e. The minimum atomic E-state index is -0.116. The molecule has 5 atom stereocenters. The zero-order chi connectivity index (χ0) is 14.4. The number of benzene rings is 1. The number of ether oxygens (including phenoxy) is 3. The Labute approximate surface area is 124 Å². The van der Waals surface area contributed by atoms with Crippen LogP contribution in [0.15, 0.2) is 30.3 Å². The number of hydrogen-bond donors (Lipinski definition) is 1. The van der Waals surface area contributed by atoms with Crippen molar-refractivity contribution < 1.29 is 14.2 Å². The van der Waals surface area contributed by atoms with Crippen LogP contribution in [0, 0.1) is 11.8 Å². The lowest BCUT2D eigenvalue weighted by Gasteiger charge is -2.36. The van der Waals surface area contributed by atoms with Gasteiger partial charge in [-0.2, -0.15) is 0 Å². The zero-order valence-electron chi connectivity index (χ0n) is 12.4. The summed E-state index contributed by atoms with van der Waals surface area (Å²) in [7, 11) is 1.71. The number of methoxy groups -OCH3 is 1. The Morgan fingerprint density at radius 1 is 1.24 bits per heavy atom. The van der Waals surface area contributed by atoms with Crippen molar-refractivity contribution in [2.75, 3.05) is 13.7 Å². The number of aromatic nitrogens is 1. The molecule has 3 heterocycles. The van der Waals surface area contributed by atoms with Gasteiger partial charge in [0.25, 0.3) is 0 Å². The second-order valence-corrected chi connectivity index (χ2v) is 6.14. The predicted molar refractivity (Wildman–Crippen MR) is 79.9 cm³/mol. The van der Waals surface area contributed by atoms with Crippen LogP contribution in [0.25, 0.3) is 10.9 Å². The van der Waals surface area contributed by atoms with E-state index in [1.165, 1.54) is 16.6 Å². The molecular formula is C17H21NO3. The Bertz CT molecular complexity index is 605. The van der Waals surface area contributed by atoms with E-state index in [9.17, 15) is 0 Å². The van der Waals surface area contributed by atoms with Gasteiger partial charge in [-0.05, 0) is 24.4 Å². The van der Waals surface area contributed by atoms with Crippen molar-refractivity contribution in [1.82, 2.24) is 4.98 Å². The Hall–Kier alpha value is -1.36. The molecule has 0 spiro atoms. The van der Waals surface area contributed by atoms with Gasteiger partial charge in [0.15, 0.2) is 6.29 Å². The summed E-state index contributed by atoms with van der Waals surface area (Å²) in [6, 6.07) is 10.6. The lowest BCUT2D eigenvalue weighted by Crippen LogP contribution is -2.40. The number of aromatic amines is 1. The second-order valence-electron chi connectivity index (χ2n) is 6.14. The number of hydrogen-bond acceptors (Lipinski definition) is 3. The Morgan fingerprint density at radius 3 is 2.90 bits per heavy atom. The third-order valence-corrected chi connectivity index (χ3v) is 4.96. The molecule has 1 unspecified atom stereocenters. The fourth-order valence-electron chi connectivity index (χ4n) is 3.81. The lowest BCUT2D eigenvalue weighted by molar-refractivity contribution is -0.203. The molecule has 0 bridgehead atoms. The monoisotopic (exact) mass is 287 g/mol. The third kappa shape index (κ3) is 2.18. The van der Waals surface area contributed by atoms with Crippen LogP contribution in [-0.4, -0.2) is 31.1 Å². The Balaban J connectivity index is 1.65. The van der Waals surface area contributed by atoms with Crippen molar-refractivity contribution in [2.45, 2.75) is 31.8 Å². The lowest BCUT2D eigenvalue weighted by atomic mass is 9.81. The average Bonchev–Trinajstić information content (AvgIpc) is 3.10. The first-order valence-corrected chi connectivity index (χ1v) is 7.64. The van der Waals surface area contributed by atoms with Gasteiger partial charge < -0.3 is 19.2 Å². The normalized spacial score (nSPS) is 36.0. The van der Waals surface area contributed by atoms with E-state index < -0.39 is 0 Å². The minimum absolute atomic E-state index is 0.116. The van der Waals surface area contributed by atoms with E-state index in [2.05, 4.69) is 42.2 Å². The van der Waals surface area contributed by atoms with E-state index in [-0.39, 0.29) is 18.5 Å². The highest BCUT2D eigenvalue weighted by atomic mass is 16.7. The van der Waals surface area contributed by atoms with E-state index in [4.69, 9.17) is 14.2 Å². The zero-order valence-corrected chi connectivity index (χ0v) is 12.4. The maximum atomic E-state index is 6.11. The first kappa shape index (κ1) is 13.3. The molecule has 0 saturated carbocycles. The highest BCUT2D eigenvalue weighted by Crippen LogP contribution is 2.46. The van der Waals surface area contributed by atoms with E-state index >= 15 is 0 Å². The summed E-state index contributed by atoms with van der Waals surface area (Å²) >= 11 is 0. The average molecular weight is 287 g/mol. The Kier molecular flexibility index (Phi) is 3.25. The maximum Gasteiger partial charge on any atom is 0.157 e. The van der Waals surface area contributed by atoms with Gasteiger partial charge in [0.1, 0.15) is 6.10 Å². The van der Waals surface area contributed by atoms with Crippen molar-refractivity contribution in [3.05, 3.63) is 36.0 Å². The topological polar surface area (TPSA) is 43.5 Å². The first-order valence-electron chi connectivity index (χ1n) is 7.64. The smallest absolute Gasteiger partial charge is 0.157 e. The number of H-pyrrole nitrogens is 1. The van der Waals surface area contributed by atoms with Crippen LogP contribution >= 0.6 is 0 Å². The summed E-state index contributed by atoms with van der Waals surface area (Å²) in [4.78, 5) is 3.51. The van der Waals surface area contributed by atoms with Gasteiger partial charge in [-0.3, -0.25) is 0 Å². The molecule has 0 aliphatic carbocycles. The summed E-state index contributed by atoms with van der Waals surface area (Å²) in [6.45, 7) is 2.89. The number of fused-ring (bicyclic) bond motifs is 2. The molecule has 4 heteroatoms. The first-order chi connectivity index (χ1) is 10.3. The molecule has 0 radical (unpaired) electrons. The van der Waals surface area contributed by atoms with Crippen LogP contribution < -0.4 is 0 Å². The Morgan fingerprint density at radius 2 is 2.10 bits per heavy atom. The molecule has 4 rings (SSSR count). The molecular weight excluding hydrogens is 266 g/mol. The van der Waals surface area contributed by atoms with Gasteiger partial charge in [-0.25, -0.2) is 0 Å². The molecule has 1 N–H and O–H groups in total. The van der Waals surface area contributed by atoms with Gasteiger partial charge in [-0.15, -0.1) is 0 Å². The molecule has 2 saturated heterocycles. The molecule has 0 amide bonds.